The maximum absolute atomic E-state index is 11.8. The molecule has 1 saturated heterocycles. The van der Waals surface area contributed by atoms with E-state index in [1.165, 1.54) is 12.8 Å². The summed E-state index contributed by atoms with van der Waals surface area (Å²) in [5.74, 6) is 0.820. The zero-order chi connectivity index (χ0) is 12.8. The van der Waals surface area contributed by atoms with Crippen molar-refractivity contribution < 1.29 is 14.3 Å². The molecule has 0 spiro atoms. The van der Waals surface area contributed by atoms with Gasteiger partial charge >= 0.3 is 5.97 Å². The Bertz CT molecular complexity index is 264. The first-order valence-corrected chi connectivity index (χ1v) is 7.26. The Hall–Kier alpha value is -0.610. The summed E-state index contributed by atoms with van der Waals surface area (Å²) in [6.07, 6.45) is 4.44. The molecule has 0 aromatic heterocycles. The van der Waals surface area contributed by atoms with E-state index in [-0.39, 0.29) is 11.9 Å². The van der Waals surface area contributed by atoms with Gasteiger partial charge in [0.25, 0.3) is 0 Å². The maximum Gasteiger partial charge on any atom is 0.308 e. The first-order chi connectivity index (χ1) is 8.79. The fourth-order valence-electron chi connectivity index (χ4n) is 3.08. The minimum absolute atomic E-state index is 0.0178. The lowest BCUT2D eigenvalue weighted by Crippen LogP contribution is -2.40. The van der Waals surface area contributed by atoms with Crippen LogP contribution in [0.25, 0.3) is 0 Å². The van der Waals surface area contributed by atoms with E-state index in [0.29, 0.717) is 12.5 Å². The van der Waals surface area contributed by atoms with Crippen LogP contribution in [0.4, 0.5) is 0 Å². The molecule has 1 heterocycles. The number of carbonyl (C=O) groups excluding carboxylic acids is 1. The van der Waals surface area contributed by atoms with Crippen molar-refractivity contribution in [3.63, 3.8) is 0 Å². The van der Waals surface area contributed by atoms with Crippen LogP contribution in [0.1, 0.15) is 32.6 Å². The predicted molar refractivity (Wildman–Crippen MR) is 69.3 cm³/mol. The van der Waals surface area contributed by atoms with Crippen LogP contribution in [0.5, 0.6) is 0 Å². The minimum atomic E-state index is 0.0178. The molecule has 0 unspecified atom stereocenters. The number of hydrogen-bond acceptors (Lipinski definition) is 4. The summed E-state index contributed by atoms with van der Waals surface area (Å²) in [4.78, 5) is 14.3. The second-order valence-corrected chi connectivity index (χ2v) is 5.39. The van der Waals surface area contributed by atoms with Gasteiger partial charge in [-0.1, -0.05) is 6.42 Å². The fourth-order valence-corrected chi connectivity index (χ4v) is 3.08. The molecule has 1 aliphatic carbocycles. The molecule has 0 aromatic carbocycles. The van der Waals surface area contributed by atoms with Crippen molar-refractivity contribution in [2.75, 3.05) is 39.5 Å². The largest absolute Gasteiger partial charge is 0.466 e. The fraction of sp³-hybridized carbons (Fsp3) is 0.929. The third-order valence-corrected chi connectivity index (χ3v) is 4.02. The molecule has 0 aromatic rings. The van der Waals surface area contributed by atoms with Crippen molar-refractivity contribution in [1.82, 2.24) is 4.90 Å². The zero-order valence-electron chi connectivity index (χ0n) is 11.4. The van der Waals surface area contributed by atoms with Crippen LogP contribution in [0.3, 0.4) is 0 Å². The van der Waals surface area contributed by atoms with Gasteiger partial charge in [-0.25, -0.2) is 0 Å². The van der Waals surface area contributed by atoms with Gasteiger partial charge in [-0.3, -0.25) is 9.69 Å². The summed E-state index contributed by atoms with van der Waals surface area (Å²) in [7, 11) is 0. The molecule has 2 atom stereocenters. The van der Waals surface area contributed by atoms with Gasteiger partial charge < -0.3 is 9.47 Å². The highest BCUT2D eigenvalue weighted by Gasteiger charge is 2.29. The van der Waals surface area contributed by atoms with Crippen molar-refractivity contribution in [3.8, 4) is 0 Å². The smallest absolute Gasteiger partial charge is 0.308 e. The standard InChI is InChI=1S/C14H25NO3/c1-2-18-14(16)13-5-3-4-12(10-13)11-15-6-8-17-9-7-15/h12-13H,2-11H2,1H3/t12-,13-/m1/s1. The third-order valence-electron chi connectivity index (χ3n) is 4.02. The number of rotatable bonds is 4. The molecular weight excluding hydrogens is 230 g/mol. The van der Waals surface area contributed by atoms with Crippen LogP contribution in [-0.2, 0) is 14.3 Å². The van der Waals surface area contributed by atoms with Gasteiger partial charge in [0.1, 0.15) is 0 Å². The topological polar surface area (TPSA) is 38.8 Å². The van der Waals surface area contributed by atoms with E-state index < -0.39 is 0 Å². The summed E-state index contributed by atoms with van der Waals surface area (Å²) in [5.41, 5.74) is 0. The average molecular weight is 255 g/mol. The average Bonchev–Trinajstić information content (AvgIpc) is 2.40. The molecule has 0 radical (unpaired) electrons. The third kappa shape index (κ3) is 3.95. The number of nitrogens with zero attached hydrogens (tertiary/aromatic N) is 1. The van der Waals surface area contributed by atoms with Crippen molar-refractivity contribution in [2.24, 2.45) is 11.8 Å². The van der Waals surface area contributed by atoms with Gasteiger partial charge in [0.2, 0.25) is 0 Å². The van der Waals surface area contributed by atoms with Crippen LogP contribution < -0.4 is 0 Å². The van der Waals surface area contributed by atoms with Crippen LogP contribution in [-0.4, -0.2) is 50.3 Å². The molecule has 104 valence electrons. The summed E-state index contributed by atoms with van der Waals surface area (Å²) >= 11 is 0. The molecule has 1 saturated carbocycles. The van der Waals surface area contributed by atoms with E-state index in [2.05, 4.69) is 4.90 Å². The van der Waals surface area contributed by atoms with Crippen molar-refractivity contribution in [1.29, 1.82) is 0 Å². The van der Waals surface area contributed by atoms with E-state index in [4.69, 9.17) is 9.47 Å². The Morgan fingerprint density at radius 3 is 2.83 bits per heavy atom. The highest BCUT2D eigenvalue weighted by Crippen LogP contribution is 2.30. The molecule has 1 aliphatic heterocycles. The summed E-state index contributed by atoms with van der Waals surface area (Å²) in [6.45, 7) is 7.30. The first kappa shape index (κ1) is 13.8. The number of hydrogen-bond donors (Lipinski definition) is 0. The number of carbonyl (C=O) groups is 1. The Kier molecular flexibility index (Phi) is 5.45. The predicted octanol–water partition coefficient (Wildman–Crippen LogP) is 1.69. The van der Waals surface area contributed by atoms with Gasteiger partial charge in [0.15, 0.2) is 0 Å². The second kappa shape index (κ2) is 7.10. The molecule has 0 amide bonds. The molecule has 4 nitrogen and oxygen atoms in total. The first-order valence-electron chi connectivity index (χ1n) is 7.26. The minimum Gasteiger partial charge on any atom is -0.466 e. The van der Waals surface area contributed by atoms with E-state index in [9.17, 15) is 4.79 Å². The normalized spacial score (nSPS) is 30.1. The quantitative estimate of drug-likeness (QED) is 0.717. The van der Waals surface area contributed by atoms with Gasteiger partial charge in [-0.15, -0.1) is 0 Å². The molecule has 2 rings (SSSR count). The van der Waals surface area contributed by atoms with Crippen molar-refractivity contribution in [2.45, 2.75) is 32.6 Å². The van der Waals surface area contributed by atoms with Gasteiger partial charge in [0, 0.05) is 19.6 Å². The van der Waals surface area contributed by atoms with E-state index in [0.717, 1.165) is 45.7 Å². The van der Waals surface area contributed by atoms with Gasteiger partial charge in [-0.2, -0.15) is 0 Å². The van der Waals surface area contributed by atoms with Crippen LogP contribution in [0.15, 0.2) is 0 Å². The summed E-state index contributed by atoms with van der Waals surface area (Å²) in [6, 6.07) is 0. The SMILES string of the molecule is CCOC(=O)[C@@H]1CCC[C@@H](CN2CCOCC2)C1. The molecule has 0 bridgehead atoms. The van der Waals surface area contributed by atoms with Crippen LogP contribution in [0, 0.1) is 11.8 Å². The number of esters is 1. The zero-order valence-corrected chi connectivity index (χ0v) is 11.4. The molecule has 2 aliphatic rings. The molecule has 2 fully saturated rings. The molecular formula is C14H25NO3. The Morgan fingerprint density at radius 2 is 2.11 bits per heavy atom. The molecule has 18 heavy (non-hydrogen) atoms. The monoisotopic (exact) mass is 255 g/mol. The number of ether oxygens (including phenoxy) is 2. The number of morpholine rings is 1. The van der Waals surface area contributed by atoms with Gasteiger partial charge in [-0.05, 0) is 32.1 Å². The lowest BCUT2D eigenvalue weighted by Gasteiger charge is -2.34. The summed E-state index contributed by atoms with van der Waals surface area (Å²) in [5, 5.41) is 0. The van der Waals surface area contributed by atoms with E-state index in [1.807, 2.05) is 6.92 Å². The van der Waals surface area contributed by atoms with E-state index >= 15 is 0 Å². The lowest BCUT2D eigenvalue weighted by atomic mass is 9.81. The van der Waals surface area contributed by atoms with Crippen LogP contribution >= 0.6 is 0 Å². The van der Waals surface area contributed by atoms with E-state index in [1.54, 1.807) is 0 Å². The Labute approximate surface area is 110 Å². The molecule has 0 N–H and O–H groups in total. The Balaban J connectivity index is 1.77. The van der Waals surface area contributed by atoms with Crippen molar-refractivity contribution >= 4 is 5.97 Å². The van der Waals surface area contributed by atoms with Crippen molar-refractivity contribution in [3.05, 3.63) is 0 Å². The summed E-state index contributed by atoms with van der Waals surface area (Å²) < 4.78 is 10.5. The highest BCUT2D eigenvalue weighted by molar-refractivity contribution is 5.72. The lowest BCUT2D eigenvalue weighted by molar-refractivity contribution is -0.149. The molecule has 4 heteroatoms. The highest BCUT2D eigenvalue weighted by atomic mass is 16.5. The second-order valence-electron chi connectivity index (χ2n) is 5.39. The van der Waals surface area contributed by atoms with Crippen LogP contribution in [0.2, 0.25) is 0 Å². The maximum atomic E-state index is 11.8. The van der Waals surface area contributed by atoms with Gasteiger partial charge in [0.05, 0.1) is 25.7 Å². The Morgan fingerprint density at radius 1 is 1.33 bits per heavy atom.